The molecule has 1 aliphatic heterocycles. The molecule has 0 aromatic heterocycles. The third-order valence-electron chi connectivity index (χ3n) is 9.47. The molecular formula is C38H40N2O8. The molecule has 6 rings (SSSR count). The van der Waals surface area contributed by atoms with Crippen molar-refractivity contribution in [2.45, 2.75) is 36.1 Å². The molecule has 10 heteroatoms. The smallest absolute Gasteiger partial charge is 0.251 e. The molecule has 2 amide bonds. The zero-order valence-corrected chi connectivity index (χ0v) is 27.1. The molecule has 2 aliphatic rings. The lowest BCUT2D eigenvalue weighted by molar-refractivity contribution is -0.159. The van der Waals surface area contributed by atoms with Crippen molar-refractivity contribution in [1.82, 2.24) is 10.6 Å². The third-order valence-corrected chi connectivity index (χ3v) is 9.47. The second-order valence-corrected chi connectivity index (χ2v) is 12.0. The second kappa shape index (κ2) is 13.6. The van der Waals surface area contributed by atoms with Gasteiger partial charge in [0.1, 0.15) is 34.7 Å². The maximum absolute atomic E-state index is 14.6. The van der Waals surface area contributed by atoms with Crippen LogP contribution in [-0.4, -0.2) is 62.6 Å². The van der Waals surface area contributed by atoms with E-state index in [2.05, 4.69) is 10.6 Å². The summed E-state index contributed by atoms with van der Waals surface area (Å²) in [6.07, 6.45) is -0.388. The van der Waals surface area contributed by atoms with Crippen molar-refractivity contribution in [2.75, 3.05) is 34.4 Å². The van der Waals surface area contributed by atoms with E-state index >= 15 is 0 Å². The van der Waals surface area contributed by atoms with E-state index in [1.54, 1.807) is 55.6 Å². The Bertz CT molecular complexity index is 1750. The van der Waals surface area contributed by atoms with Crippen LogP contribution in [-0.2, 0) is 16.0 Å². The summed E-state index contributed by atoms with van der Waals surface area (Å²) in [7, 11) is 4.53. The largest absolute Gasteiger partial charge is 0.497 e. The fourth-order valence-corrected chi connectivity index (χ4v) is 7.25. The van der Waals surface area contributed by atoms with Gasteiger partial charge in [-0.15, -0.1) is 0 Å². The molecule has 1 fully saturated rings. The topological polar surface area (TPSA) is 136 Å². The van der Waals surface area contributed by atoms with Crippen LogP contribution in [0.2, 0.25) is 0 Å². The Hall–Kier alpha value is -5.06. The minimum atomic E-state index is -2.02. The molecule has 1 heterocycles. The van der Waals surface area contributed by atoms with Gasteiger partial charge in [-0.3, -0.25) is 9.59 Å². The van der Waals surface area contributed by atoms with Crippen molar-refractivity contribution in [3.63, 3.8) is 0 Å². The van der Waals surface area contributed by atoms with E-state index < -0.39 is 35.0 Å². The van der Waals surface area contributed by atoms with Crippen molar-refractivity contribution in [2.24, 2.45) is 5.92 Å². The molecular weight excluding hydrogens is 612 g/mol. The number of rotatable bonds is 12. The zero-order valence-electron chi connectivity index (χ0n) is 27.1. The van der Waals surface area contributed by atoms with Gasteiger partial charge in [0.05, 0.1) is 32.8 Å². The predicted octanol–water partition coefficient (Wildman–Crippen LogP) is 4.29. The van der Waals surface area contributed by atoms with Crippen LogP contribution in [0.25, 0.3) is 0 Å². The van der Waals surface area contributed by atoms with Gasteiger partial charge in [0.15, 0.2) is 5.60 Å². The summed E-state index contributed by atoms with van der Waals surface area (Å²) in [4.78, 5) is 27.0. The molecule has 0 radical (unpaired) electrons. The molecule has 4 aromatic rings. The summed E-state index contributed by atoms with van der Waals surface area (Å²) >= 11 is 0. The second-order valence-electron chi connectivity index (χ2n) is 12.0. The summed E-state index contributed by atoms with van der Waals surface area (Å²) in [6, 6.07) is 28.4. The molecule has 0 spiro atoms. The maximum Gasteiger partial charge on any atom is 0.251 e. The molecule has 3 unspecified atom stereocenters. The van der Waals surface area contributed by atoms with Crippen LogP contribution in [0.5, 0.6) is 23.0 Å². The van der Waals surface area contributed by atoms with Gasteiger partial charge >= 0.3 is 0 Å². The lowest BCUT2D eigenvalue weighted by Gasteiger charge is -2.45. The van der Waals surface area contributed by atoms with Crippen LogP contribution in [0.3, 0.4) is 0 Å². The first-order valence-electron chi connectivity index (χ1n) is 16.0. The Morgan fingerprint density at radius 3 is 2.04 bits per heavy atom. The van der Waals surface area contributed by atoms with E-state index in [1.165, 1.54) is 14.2 Å². The predicted molar refractivity (Wildman–Crippen MR) is 178 cm³/mol. The van der Waals surface area contributed by atoms with E-state index in [1.807, 2.05) is 48.5 Å². The number of hydrogen-bond acceptors (Lipinski definition) is 8. The van der Waals surface area contributed by atoms with Crippen LogP contribution < -0.4 is 29.6 Å². The van der Waals surface area contributed by atoms with Crippen LogP contribution in [0, 0.1) is 5.92 Å². The molecule has 5 atom stereocenters. The fraction of sp³-hybridized carbons (Fsp3) is 0.316. The SMILES string of the molecule is COc1ccc(C23Oc4cc(OC)cc(OC)c4C(O)(C2O)[C@H](c2ccccc2)[C@H]3C(=O)NCCCCNC(=O)c2ccccc2)cc1. The highest BCUT2D eigenvalue weighted by Gasteiger charge is 2.76. The van der Waals surface area contributed by atoms with Gasteiger partial charge in [-0.2, -0.15) is 0 Å². The number of carbonyl (C=O) groups excluding carboxylic acids is 2. The molecule has 250 valence electrons. The summed E-state index contributed by atoms with van der Waals surface area (Å²) in [5.41, 5.74) is -1.78. The van der Waals surface area contributed by atoms with Crippen LogP contribution in [0.15, 0.2) is 97.1 Å². The Morgan fingerprint density at radius 2 is 1.42 bits per heavy atom. The highest BCUT2D eigenvalue weighted by atomic mass is 16.5. The van der Waals surface area contributed by atoms with E-state index in [9.17, 15) is 19.8 Å². The number of hydrogen-bond donors (Lipinski definition) is 4. The van der Waals surface area contributed by atoms with E-state index in [-0.39, 0.29) is 23.0 Å². The van der Waals surface area contributed by atoms with E-state index in [4.69, 9.17) is 18.9 Å². The molecule has 2 bridgehead atoms. The Morgan fingerprint density at radius 1 is 0.792 bits per heavy atom. The normalized spacial score (nSPS) is 23.7. The fourth-order valence-electron chi connectivity index (χ4n) is 7.25. The molecule has 0 saturated heterocycles. The number of aliphatic hydroxyl groups excluding tert-OH is 1. The average Bonchev–Trinajstić information content (AvgIpc) is 3.25. The molecule has 10 nitrogen and oxygen atoms in total. The summed E-state index contributed by atoms with van der Waals surface area (Å²) in [5.74, 6) is -1.12. The Kier molecular flexibility index (Phi) is 9.30. The number of aliphatic hydroxyl groups is 2. The number of ether oxygens (including phenoxy) is 4. The maximum atomic E-state index is 14.6. The number of amides is 2. The summed E-state index contributed by atoms with van der Waals surface area (Å²) in [6.45, 7) is 0.739. The highest BCUT2D eigenvalue weighted by Crippen LogP contribution is 2.68. The minimum Gasteiger partial charge on any atom is -0.497 e. The van der Waals surface area contributed by atoms with Crippen LogP contribution in [0.1, 0.15) is 45.8 Å². The molecule has 1 aliphatic carbocycles. The number of nitrogens with one attached hydrogen (secondary N) is 2. The van der Waals surface area contributed by atoms with Gasteiger partial charge in [-0.05, 0) is 48.2 Å². The molecule has 4 aromatic carbocycles. The number of carbonyl (C=O) groups is 2. The van der Waals surface area contributed by atoms with Gasteiger partial charge in [-0.25, -0.2) is 0 Å². The minimum absolute atomic E-state index is 0.156. The summed E-state index contributed by atoms with van der Waals surface area (Å²) < 4.78 is 23.5. The molecule has 1 saturated carbocycles. The number of unbranched alkanes of at least 4 members (excludes halogenated alkanes) is 1. The molecule has 4 N–H and O–H groups in total. The van der Waals surface area contributed by atoms with Crippen molar-refractivity contribution in [3.8, 4) is 23.0 Å². The number of benzene rings is 4. The monoisotopic (exact) mass is 652 g/mol. The van der Waals surface area contributed by atoms with Gasteiger partial charge < -0.3 is 39.8 Å². The van der Waals surface area contributed by atoms with Crippen LogP contribution >= 0.6 is 0 Å². The van der Waals surface area contributed by atoms with Gasteiger partial charge in [0.2, 0.25) is 5.91 Å². The van der Waals surface area contributed by atoms with Crippen molar-refractivity contribution in [3.05, 3.63) is 119 Å². The van der Waals surface area contributed by atoms with Crippen molar-refractivity contribution < 1.29 is 38.7 Å². The van der Waals surface area contributed by atoms with Gasteiger partial charge in [-0.1, -0.05) is 60.7 Å². The first-order chi connectivity index (χ1) is 23.3. The highest BCUT2D eigenvalue weighted by molar-refractivity contribution is 5.94. The van der Waals surface area contributed by atoms with Crippen LogP contribution in [0.4, 0.5) is 0 Å². The lowest BCUT2D eigenvalue weighted by Crippen LogP contribution is -2.56. The van der Waals surface area contributed by atoms with E-state index in [0.29, 0.717) is 54.1 Å². The zero-order chi connectivity index (χ0) is 33.9. The lowest BCUT2D eigenvalue weighted by atomic mass is 9.75. The average molecular weight is 653 g/mol. The van der Waals surface area contributed by atoms with Crippen molar-refractivity contribution >= 4 is 11.8 Å². The van der Waals surface area contributed by atoms with Gasteiger partial charge in [0, 0.05) is 36.7 Å². The quantitative estimate of drug-likeness (QED) is 0.167. The Labute approximate surface area is 279 Å². The third kappa shape index (κ3) is 5.50. The number of methoxy groups -OCH3 is 3. The van der Waals surface area contributed by atoms with Gasteiger partial charge in [0.25, 0.3) is 5.91 Å². The first kappa shape index (κ1) is 32.9. The number of fused-ring (bicyclic) bond motifs is 4. The summed E-state index contributed by atoms with van der Waals surface area (Å²) in [5, 5.41) is 31.4. The first-order valence-corrected chi connectivity index (χ1v) is 16.0. The van der Waals surface area contributed by atoms with Crippen molar-refractivity contribution in [1.29, 1.82) is 0 Å². The Balaban J connectivity index is 1.37. The standard InChI is InChI=1S/C38H40N2O8/c1-45-27-18-16-26(17-19-27)38-33(35(42)40-21-11-10-20-39-34(41)25-14-8-5-9-15-25)31(24-12-6-4-7-13-24)37(44,36(38)43)32-29(47-3)22-28(46-2)23-30(32)48-38/h4-9,12-19,22-23,31,33,36,43-44H,10-11,20-21H2,1-3H3,(H,39,41)(H,40,42)/t31-,33+,36?,37?,38?/m1/s1. The molecule has 48 heavy (non-hydrogen) atoms. The van der Waals surface area contributed by atoms with E-state index in [0.717, 1.165) is 0 Å².